The van der Waals surface area contributed by atoms with Crippen molar-refractivity contribution in [2.24, 2.45) is 5.84 Å². The van der Waals surface area contributed by atoms with E-state index in [-0.39, 0.29) is 12.4 Å². The molecule has 2 fully saturated rings. The molecule has 2 aliphatic rings. The van der Waals surface area contributed by atoms with Crippen LogP contribution in [-0.2, 0) is 0 Å². The highest BCUT2D eigenvalue weighted by molar-refractivity contribution is 5.85. The number of nitrogens with two attached hydrogens (primary N) is 1. The third kappa shape index (κ3) is 1.68. The molecule has 0 amide bonds. The van der Waals surface area contributed by atoms with Gasteiger partial charge in [-0.1, -0.05) is 12.8 Å². The molecule has 2 rings (SSSR count). The van der Waals surface area contributed by atoms with Crippen molar-refractivity contribution in [1.82, 2.24) is 5.01 Å². The van der Waals surface area contributed by atoms with E-state index in [4.69, 9.17) is 5.84 Å². The second-order valence-corrected chi connectivity index (χ2v) is 3.62. The topological polar surface area (TPSA) is 29.3 Å². The molecule has 3 heteroatoms. The highest BCUT2D eigenvalue weighted by atomic mass is 35.5. The molecular formula is C8H17ClN2. The van der Waals surface area contributed by atoms with Crippen molar-refractivity contribution in [2.75, 3.05) is 0 Å². The summed E-state index contributed by atoms with van der Waals surface area (Å²) in [4.78, 5) is 0. The predicted molar refractivity (Wildman–Crippen MR) is 48.6 cm³/mol. The minimum atomic E-state index is 0. The first kappa shape index (κ1) is 9.30. The van der Waals surface area contributed by atoms with Gasteiger partial charge in [-0.2, -0.15) is 0 Å². The van der Waals surface area contributed by atoms with Gasteiger partial charge in [0, 0.05) is 12.1 Å². The molecule has 0 aromatic heterocycles. The molecule has 0 heterocycles. The van der Waals surface area contributed by atoms with Crippen LogP contribution in [0.2, 0.25) is 0 Å². The molecule has 0 aromatic rings. The number of nitrogens with zero attached hydrogens (tertiary/aromatic N) is 1. The second kappa shape index (κ2) is 3.74. The molecule has 0 atom stereocenters. The van der Waals surface area contributed by atoms with Crippen LogP contribution in [0.25, 0.3) is 0 Å². The molecule has 2 aliphatic carbocycles. The Bertz CT molecular complexity index is 107. The third-order valence-corrected chi connectivity index (χ3v) is 2.99. The van der Waals surface area contributed by atoms with Crippen molar-refractivity contribution in [2.45, 2.75) is 50.6 Å². The standard InChI is InChI=1S/C8H16N2.ClH/c9-10(7-3-1-4-7)8-5-2-6-8;/h7-8H,1-6,9H2;1H. The Hall–Kier alpha value is 0.210. The summed E-state index contributed by atoms with van der Waals surface area (Å²) in [5, 5.41) is 2.12. The van der Waals surface area contributed by atoms with E-state index >= 15 is 0 Å². The van der Waals surface area contributed by atoms with Crippen LogP contribution in [0, 0.1) is 0 Å². The van der Waals surface area contributed by atoms with Gasteiger partial charge < -0.3 is 0 Å². The molecule has 2 saturated carbocycles. The van der Waals surface area contributed by atoms with E-state index in [1.165, 1.54) is 38.5 Å². The molecule has 11 heavy (non-hydrogen) atoms. The lowest BCUT2D eigenvalue weighted by molar-refractivity contribution is 0.0404. The maximum Gasteiger partial charge on any atom is 0.0244 e. The second-order valence-electron chi connectivity index (χ2n) is 3.62. The zero-order valence-corrected chi connectivity index (χ0v) is 7.65. The smallest absolute Gasteiger partial charge is 0.0244 e. The molecule has 0 saturated heterocycles. The van der Waals surface area contributed by atoms with Gasteiger partial charge in [-0.05, 0) is 25.7 Å². The number of hydrogen-bond acceptors (Lipinski definition) is 2. The van der Waals surface area contributed by atoms with Crippen LogP contribution in [0.1, 0.15) is 38.5 Å². The van der Waals surface area contributed by atoms with Gasteiger partial charge in [-0.25, -0.2) is 5.01 Å². The van der Waals surface area contributed by atoms with E-state index in [1.807, 2.05) is 0 Å². The van der Waals surface area contributed by atoms with Crippen LogP contribution in [-0.4, -0.2) is 17.1 Å². The Labute approximate surface area is 74.5 Å². The van der Waals surface area contributed by atoms with Crippen LogP contribution < -0.4 is 5.84 Å². The number of halogens is 1. The molecule has 0 aromatic carbocycles. The Balaban J connectivity index is 0.000000605. The van der Waals surface area contributed by atoms with Crippen LogP contribution in [0.5, 0.6) is 0 Å². The van der Waals surface area contributed by atoms with Crippen LogP contribution in [0.3, 0.4) is 0 Å². The number of hydrazine groups is 1. The Kier molecular flexibility index (Phi) is 3.16. The van der Waals surface area contributed by atoms with Gasteiger partial charge in [0.15, 0.2) is 0 Å². The summed E-state index contributed by atoms with van der Waals surface area (Å²) in [6, 6.07) is 1.48. The van der Waals surface area contributed by atoms with E-state index in [0.29, 0.717) is 0 Å². The summed E-state index contributed by atoms with van der Waals surface area (Å²) in [6.07, 6.45) is 8.15. The zero-order valence-electron chi connectivity index (χ0n) is 6.83. The first-order valence-corrected chi connectivity index (χ1v) is 4.41. The number of rotatable bonds is 2. The fourth-order valence-electron chi connectivity index (χ4n) is 1.67. The SMILES string of the molecule is Cl.NN(C1CCC1)C1CCC1. The van der Waals surface area contributed by atoms with Crippen molar-refractivity contribution < 1.29 is 0 Å². The van der Waals surface area contributed by atoms with Gasteiger partial charge in [0.25, 0.3) is 0 Å². The first-order valence-electron chi connectivity index (χ1n) is 4.41. The molecule has 2 nitrogen and oxygen atoms in total. The Morgan fingerprint density at radius 3 is 1.45 bits per heavy atom. The van der Waals surface area contributed by atoms with Crippen molar-refractivity contribution >= 4 is 12.4 Å². The average Bonchev–Trinajstić information content (AvgIpc) is 1.52. The highest BCUT2D eigenvalue weighted by Crippen LogP contribution is 2.30. The van der Waals surface area contributed by atoms with Crippen molar-refractivity contribution in [3.05, 3.63) is 0 Å². The van der Waals surface area contributed by atoms with E-state index in [0.717, 1.165) is 12.1 Å². The van der Waals surface area contributed by atoms with Gasteiger partial charge in [0.05, 0.1) is 0 Å². The van der Waals surface area contributed by atoms with Crippen LogP contribution in [0.15, 0.2) is 0 Å². The van der Waals surface area contributed by atoms with Crippen molar-refractivity contribution in [1.29, 1.82) is 0 Å². The van der Waals surface area contributed by atoms with Gasteiger partial charge >= 0.3 is 0 Å². The molecule has 0 spiro atoms. The largest absolute Gasteiger partial charge is 0.268 e. The lowest BCUT2D eigenvalue weighted by Crippen LogP contribution is -2.53. The maximum absolute atomic E-state index is 5.92. The summed E-state index contributed by atoms with van der Waals surface area (Å²) >= 11 is 0. The summed E-state index contributed by atoms with van der Waals surface area (Å²) in [5.74, 6) is 5.92. The molecule has 0 radical (unpaired) electrons. The average molecular weight is 177 g/mol. The number of hydrogen-bond donors (Lipinski definition) is 1. The molecular weight excluding hydrogens is 160 g/mol. The monoisotopic (exact) mass is 176 g/mol. The zero-order chi connectivity index (χ0) is 6.97. The normalized spacial score (nSPS) is 25.6. The minimum absolute atomic E-state index is 0. The Morgan fingerprint density at radius 2 is 1.27 bits per heavy atom. The highest BCUT2D eigenvalue weighted by Gasteiger charge is 2.31. The lowest BCUT2D eigenvalue weighted by Gasteiger charge is -2.43. The first-order chi connectivity index (χ1) is 4.88. The quantitative estimate of drug-likeness (QED) is 0.513. The summed E-state index contributed by atoms with van der Waals surface area (Å²) in [5.41, 5.74) is 0. The van der Waals surface area contributed by atoms with Gasteiger partial charge in [-0.3, -0.25) is 5.84 Å². The summed E-state index contributed by atoms with van der Waals surface area (Å²) < 4.78 is 0. The molecule has 0 aliphatic heterocycles. The van der Waals surface area contributed by atoms with E-state index < -0.39 is 0 Å². The molecule has 0 unspecified atom stereocenters. The predicted octanol–water partition coefficient (Wildman–Crippen LogP) is 1.69. The van der Waals surface area contributed by atoms with Crippen molar-refractivity contribution in [3.8, 4) is 0 Å². The Morgan fingerprint density at radius 1 is 0.909 bits per heavy atom. The van der Waals surface area contributed by atoms with Gasteiger partial charge in [-0.15, -0.1) is 12.4 Å². The molecule has 66 valence electrons. The van der Waals surface area contributed by atoms with Gasteiger partial charge in [0.1, 0.15) is 0 Å². The molecule has 0 bridgehead atoms. The van der Waals surface area contributed by atoms with Crippen LogP contribution in [0.4, 0.5) is 0 Å². The molecule has 2 N–H and O–H groups in total. The van der Waals surface area contributed by atoms with E-state index in [1.54, 1.807) is 0 Å². The van der Waals surface area contributed by atoms with E-state index in [9.17, 15) is 0 Å². The van der Waals surface area contributed by atoms with Gasteiger partial charge in [0.2, 0.25) is 0 Å². The summed E-state index contributed by atoms with van der Waals surface area (Å²) in [6.45, 7) is 0. The van der Waals surface area contributed by atoms with Crippen molar-refractivity contribution in [3.63, 3.8) is 0 Å². The maximum atomic E-state index is 5.92. The third-order valence-electron chi connectivity index (χ3n) is 2.99. The fourth-order valence-corrected chi connectivity index (χ4v) is 1.67. The van der Waals surface area contributed by atoms with E-state index in [2.05, 4.69) is 5.01 Å². The minimum Gasteiger partial charge on any atom is -0.268 e. The summed E-state index contributed by atoms with van der Waals surface area (Å²) in [7, 11) is 0. The lowest BCUT2D eigenvalue weighted by atomic mass is 9.86. The van der Waals surface area contributed by atoms with Crippen LogP contribution >= 0.6 is 12.4 Å². The fraction of sp³-hybridized carbons (Fsp3) is 1.00.